The van der Waals surface area contributed by atoms with Crippen molar-refractivity contribution in [2.75, 3.05) is 4.90 Å². The maximum absolute atomic E-state index is 13.6. The van der Waals surface area contributed by atoms with Gasteiger partial charge in [0.2, 0.25) is 0 Å². The molecule has 2 aliphatic rings. The lowest BCUT2D eigenvalue weighted by Gasteiger charge is -2.42. The number of non-ortho nitro benzene ring substituents is 1. The number of rotatable bonds is 4. The van der Waals surface area contributed by atoms with E-state index in [0.717, 1.165) is 0 Å². The van der Waals surface area contributed by atoms with Crippen molar-refractivity contribution in [3.63, 3.8) is 0 Å². The number of carbonyl (C=O) groups excluding carboxylic acids is 1. The Bertz CT molecular complexity index is 1560. The topological polar surface area (TPSA) is 108 Å². The van der Waals surface area contributed by atoms with Gasteiger partial charge in [-0.3, -0.25) is 25.2 Å². The van der Waals surface area contributed by atoms with E-state index in [1.54, 1.807) is 60.4 Å². The SMILES string of the molecule is Cc1ccc([N+](=O)[O-])cc1N1C(=N)/C(=C(/O)c2ccccc2)C(c2ccc(Cl)cc2Cl)C2=C1CCCC2=O. The van der Waals surface area contributed by atoms with Gasteiger partial charge in [-0.05, 0) is 43.0 Å². The highest BCUT2D eigenvalue weighted by Crippen LogP contribution is 2.50. The van der Waals surface area contributed by atoms with Gasteiger partial charge in [0.15, 0.2) is 5.78 Å². The van der Waals surface area contributed by atoms with Crippen LogP contribution in [0.2, 0.25) is 10.0 Å². The first-order valence-electron chi connectivity index (χ1n) is 12.0. The zero-order valence-electron chi connectivity index (χ0n) is 20.4. The summed E-state index contributed by atoms with van der Waals surface area (Å²) in [5.74, 6) is -1.21. The second kappa shape index (κ2) is 10.1. The molecule has 0 bridgehead atoms. The number of nitrogens with one attached hydrogen (secondary N) is 1. The molecule has 0 amide bonds. The van der Waals surface area contributed by atoms with Crippen LogP contribution in [0.15, 0.2) is 83.6 Å². The molecule has 3 aromatic carbocycles. The van der Waals surface area contributed by atoms with Crippen LogP contribution < -0.4 is 4.90 Å². The summed E-state index contributed by atoms with van der Waals surface area (Å²) in [6.45, 7) is 1.79. The summed E-state index contributed by atoms with van der Waals surface area (Å²) in [5.41, 5.74) is 3.14. The Hall–Kier alpha value is -3.94. The number of anilines is 1. The molecule has 0 saturated carbocycles. The number of nitrogens with zero attached hydrogens (tertiary/aromatic N) is 2. The summed E-state index contributed by atoms with van der Waals surface area (Å²) < 4.78 is 0. The summed E-state index contributed by atoms with van der Waals surface area (Å²) >= 11 is 12.8. The monoisotopic (exact) mass is 547 g/mol. The number of amidine groups is 1. The van der Waals surface area contributed by atoms with Gasteiger partial charge in [-0.1, -0.05) is 65.7 Å². The van der Waals surface area contributed by atoms with Gasteiger partial charge >= 0.3 is 0 Å². The van der Waals surface area contributed by atoms with Crippen molar-refractivity contribution < 1.29 is 14.8 Å². The third-order valence-corrected chi connectivity index (χ3v) is 7.54. The van der Waals surface area contributed by atoms with Crippen molar-refractivity contribution >= 4 is 52.0 Å². The molecule has 1 unspecified atom stereocenters. The van der Waals surface area contributed by atoms with Gasteiger partial charge in [0, 0.05) is 56.9 Å². The van der Waals surface area contributed by atoms with E-state index in [1.165, 1.54) is 12.1 Å². The minimum Gasteiger partial charge on any atom is -0.507 e. The van der Waals surface area contributed by atoms with Crippen LogP contribution in [0, 0.1) is 22.4 Å². The van der Waals surface area contributed by atoms with Crippen LogP contribution in [-0.2, 0) is 4.79 Å². The molecule has 0 spiro atoms. The number of nitro groups is 1. The Morgan fingerprint density at radius 3 is 2.50 bits per heavy atom. The van der Waals surface area contributed by atoms with Crippen LogP contribution in [0.4, 0.5) is 11.4 Å². The fourth-order valence-electron chi connectivity index (χ4n) is 5.21. The van der Waals surface area contributed by atoms with Crippen LogP contribution in [0.3, 0.4) is 0 Å². The fourth-order valence-corrected chi connectivity index (χ4v) is 5.73. The van der Waals surface area contributed by atoms with E-state index in [4.69, 9.17) is 23.2 Å². The Kier molecular flexibility index (Phi) is 6.82. The number of carbonyl (C=O) groups is 1. The van der Waals surface area contributed by atoms with E-state index in [1.807, 2.05) is 6.07 Å². The normalized spacial score (nSPS) is 18.9. The number of nitro benzene ring substituents is 1. The molecule has 1 heterocycles. The van der Waals surface area contributed by atoms with Crippen molar-refractivity contribution in [2.45, 2.75) is 32.1 Å². The fraction of sp³-hybridized carbons (Fsp3) is 0.172. The third kappa shape index (κ3) is 4.38. The summed E-state index contributed by atoms with van der Waals surface area (Å²) in [4.78, 5) is 26.3. The molecule has 1 aliphatic carbocycles. The highest BCUT2D eigenvalue weighted by Gasteiger charge is 2.44. The minimum atomic E-state index is -0.828. The summed E-state index contributed by atoms with van der Waals surface area (Å²) in [5, 5.41) is 33.4. The molecule has 0 aromatic heterocycles. The standard InChI is InChI=1S/C29H23Cl2N3O4/c1-16-10-12-19(34(37)38)15-23(16)33-22-8-5-9-24(35)26(22)25(20-13-11-18(30)14-21(20)31)27(29(33)32)28(36)17-6-3-2-4-7-17/h2-4,6-7,10-15,25,32,36H,5,8-9H2,1H3/b28-27+,32-29?. The lowest BCUT2D eigenvalue weighted by Crippen LogP contribution is -2.42. The summed E-state index contributed by atoms with van der Waals surface area (Å²) in [6, 6.07) is 18.1. The summed E-state index contributed by atoms with van der Waals surface area (Å²) in [7, 11) is 0. The predicted octanol–water partition coefficient (Wildman–Crippen LogP) is 7.77. The summed E-state index contributed by atoms with van der Waals surface area (Å²) in [6.07, 6.45) is 1.35. The average Bonchev–Trinajstić information content (AvgIpc) is 2.89. The van der Waals surface area contributed by atoms with Crippen LogP contribution >= 0.6 is 23.2 Å². The first kappa shape index (κ1) is 25.7. The van der Waals surface area contributed by atoms with Crippen molar-refractivity contribution in [3.05, 3.63) is 120 Å². The zero-order valence-corrected chi connectivity index (χ0v) is 21.9. The number of aliphatic hydroxyl groups is 1. The first-order valence-corrected chi connectivity index (χ1v) is 12.8. The second-order valence-corrected chi connectivity index (χ2v) is 10.1. The van der Waals surface area contributed by atoms with E-state index < -0.39 is 10.8 Å². The van der Waals surface area contributed by atoms with Crippen LogP contribution in [0.1, 0.15) is 41.9 Å². The largest absolute Gasteiger partial charge is 0.507 e. The van der Waals surface area contributed by atoms with E-state index in [2.05, 4.69) is 0 Å². The zero-order chi connectivity index (χ0) is 27.1. The lowest BCUT2D eigenvalue weighted by molar-refractivity contribution is -0.384. The van der Waals surface area contributed by atoms with Crippen molar-refractivity contribution in [3.8, 4) is 0 Å². The van der Waals surface area contributed by atoms with Crippen LogP contribution in [0.5, 0.6) is 0 Å². The van der Waals surface area contributed by atoms with Gasteiger partial charge in [0.05, 0.1) is 10.6 Å². The van der Waals surface area contributed by atoms with Gasteiger partial charge in [0.25, 0.3) is 5.69 Å². The van der Waals surface area contributed by atoms with E-state index in [9.17, 15) is 25.4 Å². The van der Waals surface area contributed by atoms with Crippen molar-refractivity contribution in [1.29, 1.82) is 5.41 Å². The van der Waals surface area contributed by atoms with Crippen molar-refractivity contribution in [2.24, 2.45) is 0 Å². The molecule has 3 aromatic rings. The lowest BCUT2D eigenvalue weighted by atomic mass is 9.73. The Morgan fingerprint density at radius 2 is 1.82 bits per heavy atom. The molecule has 0 radical (unpaired) electrons. The smallest absolute Gasteiger partial charge is 0.271 e. The third-order valence-electron chi connectivity index (χ3n) is 6.98. The highest BCUT2D eigenvalue weighted by molar-refractivity contribution is 6.35. The quantitative estimate of drug-likeness (QED) is 0.197. The molecule has 0 fully saturated rings. The number of hydrogen-bond donors (Lipinski definition) is 2. The number of allylic oxidation sites excluding steroid dienone is 2. The number of Topliss-reactive ketones (excluding diaryl/α,β-unsaturated/α-hetero) is 1. The Labute approximate surface area is 229 Å². The van der Waals surface area contributed by atoms with Crippen LogP contribution in [0.25, 0.3) is 5.76 Å². The van der Waals surface area contributed by atoms with E-state index in [0.29, 0.717) is 63.0 Å². The number of halogens is 2. The Balaban J connectivity index is 1.87. The molecular weight excluding hydrogens is 525 g/mol. The first-order chi connectivity index (χ1) is 18.2. The van der Waals surface area contributed by atoms with Gasteiger partial charge in [-0.25, -0.2) is 0 Å². The van der Waals surface area contributed by atoms with Gasteiger partial charge in [-0.15, -0.1) is 0 Å². The molecular formula is C29H23Cl2N3O4. The molecule has 7 nitrogen and oxygen atoms in total. The molecule has 5 rings (SSSR count). The minimum absolute atomic E-state index is 0.0839. The number of benzene rings is 3. The molecule has 192 valence electrons. The maximum Gasteiger partial charge on any atom is 0.271 e. The van der Waals surface area contributed by atoms with Crippen molar-refractivity contribution in [1.82, 2.24) is 0 Å². The number of aliphatic hydroxyl groups excluding tert-OH is 1. The van der Waals surface area contributed by atoms with Gasteiger partial charge < -0.3 is 5.11 Å². The maximum atomic E-state index is 13.6. The Morgan fingerprint density at radius 1 is 1.08 bits per heavy atom. The molecule has 0 saturated heterocycles. The van der Waals surface area contributed by atoms with Gasteiger partial charge in [-0.2, -0.15) is 0 Å². The van der Waals surface area contributed by atoms with Gasteiger partial charge in [0.1, 0.15) is 11.6 Å². The van der Waals surface area contributed by atoms with Crippen LogP contribution in [-0.4, -0.2) is 21.6 Å². The molecule has 1 atom stereocenters. The molecule has 38 heavy (non-hydrogen) atoms. The van der Waals surface area contributed by atoms with E-state index >= 15 is 0 Å². The molecule has 9 heteroatoms. The van der Waals surface area contributed by atoms with E-state index in [-0.39, 0.29) is 28.6 Å². The molecule has 1 aliphatic heterocycles. The molecule has 2 N–H and O–H groups in total. The second-order valence-electron chi connectivity index (χ2n) is 9.28. The number of hydrogen-bond acceptors (Lipinski definition) is 5. The number of ketones is 1. The predicted molar refractivity (Wildman–Crippen MR) is 149 cm³/mol. The number of aryl methyl sites for hydroxylation is 1. The average molecular weight is 548 g/mol. The highest BCUT2D eigenvalue weighted by atomic mass is 35.5.